The number of nitrogens with two attached hydrogens (primary N) is 1. The number of nitrogens with zero attached hydrogens (tertiary/aromatic N) is 1. The summed E-state index contributed by atoms with van der Waals surface area (Å²) in [4.78, 5) is 17.9. The maximum absolute atomic E-state index is 12.3. The van der Waals surface area contributed by atoms with Crippen LogP contribution in [-0.4, -0.2) is 17.4 Å². The van der Waals surface area contributed by atoms with Gasteiger partial charge in [-0.15, -0.1) is 11.3 Å². The molecule has 0 saturated heterocycles. The van der Waals surface area contributed by atoms with Crippen molar-refractivity contribution < 1.29 is 4.79 Å². The van der Waals surface area contributed by atoms with Crippen LogP contribution in [0.3, 0.4) is 0 Å². The molecule has 0 aliphatic carbocycles. The number of nitrogens with one attached hydrogen (secondary N) is 1. The van der Waals surface area contributed by atoms with Gasteiger partial charge in [-0.1, -0.05) is 25.1 Å². The number of thiazole rings is 1. The molecule has 1 heterocycles. The van der Waals surface area contributed by atoms with E-state index in [1.54, 1.807) is 0 Å². The molecular formula is C15H19N3OS. The fraction of sp³-hybridized carbons (Fsp3) is 0.333. The Hall–Kier alpha value is -1.72. The lowest BCUT2D eigenvalue weighted by molar-refractivity contribution is 0.102. The molecule has 0 spiro atoms. The highest BCUT2D eigenvalue weighted by atomic mass is 32.1. The van der Waals surface area contributed by atoms with Crippen LogP contribution in [0.1, 0.15) is 33.4 Å². The summed E-state index contributed by atoms with van der Waals surface area (Å²) in [6.07, 6.45) is 1.57. The number of aromatic nitrogens is 1. The average molecular weight is 289 g/mol. The molecule has 1 aromatic carbocycles. The van der Waals surface area contributed by atoms with Crippen molar-refractivity contribution in [3.05, 3.63) is 46.0 Å². The lowest BCUT2D eigenvalue weighted by atomic mass is 10.0. The van der Waals surface area contributed by atoms with E-state index in [1.165, 1.54) is 11.3 Å². The lowest BCUT2D eigenvalue weighted by Gasteiger charge is -2.07. The molecule has 0 unspecified atom stereocenters. The highest BCUT2D eigenvalue weighted by Gasteiger charge is 2.13. The van der Waals surface area contributed by atoms with Gasteiger partial charge in [0.15, 0.2) is 5.13 Å². The van der Waals surface area contributed by atoms with Crippen molar-refractivity contribution in [2.75, 3.05) is 11.9 Å². The molecule has 0 atom stereocenters. The van der Waals surface area contributed by atoms with Crippen molar-refractivity contribution in [2.45, 2.75) is 26.7 Å². The third-order valence-electron chi connectivity index (χ3n) is 3.12. The molecule has 2 rings (SSSR count). The number of benzene rings is 1. The van der Waals surface area contributed by atoms with Crippen LogP contribution in [0, 0.1) is 6.92 Å². The molecule has 0 radical (unpaired) electrons. The van der Waals surface area contributed by atoms with Gasteiger partial charge in [0.05, 0.1) is 5.69 Å². The molecule has 4 nitrogen and oxygen atoms in total. The molecular weight excluding hydrogens is 270 g/mol. The molecule has 106 valence electrons. The van der Waals surface area contributed by atoms with Crippen molar-refractivity contribution in [1.82, 2.24) is 4.98 Å². The van der Waals surface area contributed by atoms with Crippen LogP contribution in [-0.2, 0) is 12.8 Å². The van der Waals surface area contributed by atoms with Gasteiger partial charge in [0, 0.05) is 10.4 Å². The smallest absolute Gasteiger partial charge is 0.257 e. The Morgan fingerprint density at radius 2 is 2.15 bits per heavy atom. The topological polar surface area (TPSA) is 68.0 Å². The van der Waals surface area contributed by atoms with Crippen LogP contribution in [0.2, 0.25) is 0 Å². The Labute approximate surface area is 123 Å². The average Bonchev–Trinajstić information content (AvgIpc) is 2.79. The van der Waals surface area contributed by atoms with Gasteiger partial charge in [-0.3, -0.25) is 10.1 Å². The predicted octanol–water partition coefficient (Wildman–Crippen LogP) is 2.77. The highest BCUT2D eigenvalue weighted by Crippen LogP contribution is 2.23. The second-order valence-electron chi connectivity index (χ2n) is 4.53. The third kappa shape index (κ3) is 3.23. The van der Waals surface area contributed by atoms with E-state index in [9.17, 15) is 4.79 Å². The van der Waals surface area contributed by atoms with Crippen molar-refractivity contribution in [2.24, 2.45) is 5.73 Å². The van der Waals surface area contributed by atoms with Gasteiger partial charge in [0.1, 0.15) is 0 Å². The third-order valence-corrected chi connectivity index (χ3v) is 4.05. The van der Waals surface area contributed by atoms with Gasteiger partial charge in [-0.2, -0.15) is 0 Å². The van der Waals surface area contributed by atoms with E-state index >= 15 is 0 Å². The van der Waals surface area contributed by atoms with Crippen LogP contribution in [0.25, 0.3) is 0 Å². The monoisotopic (exact) mass is 289 g/mol. The van der Waals surface area contributed by atoms with Crippen molar-refractivity contribution in [3.63, 3.8) is 0 Å². The number of aryl methyl sites for hydroxylation is 2. The number of carbonyl (C=O) groups is 1. The fourth-order valence-corrected chi connectivity index (χ4v) is 2.99. The first-order chi connectivity index (χ1) is 9.65. The zero-order valence-electron chi connectivity index (χ0n) is 11.8. The zero-order valence-corrected chi connectivity index (χ0v) is 12.6. The van der Waals surface area contributed by atoms with Crippen molar-refractivity contribution in [3.8, 4) is 0 Å². The first kappa shape index (κ1) is 14.7. The molecule has 1 aromatic heterocycles. The Morgan fingerprint density at radius 3 is 2.80 bits per heavy atom. The highest BCUT2D eigenvalue weighted by molar-refractivity contribution is 7.15. The van der Waals surface area contributed by atoms with Crippen LogP contribution in [0.4, 0.5) is 5.13 Å². The van der Waals surface area contributed by atoms with E-state index < -0.39 is 0 Å². The van der Waals surface area contributed by atoms with Crippen LogP contribution in [0.15, 0.2) is 24.3 Å². The van der Waals surface area contributed by atoms with E-state index in [0.29, 0.717) is 23.7 Å². The minimum absolute atomic E-state index is 0.120. The van der Waals surface area contributed by atoms with Crippen LogP contribution < -0.4 is 11.1 Å². The number of hydrogen-bond acceptors (Lipinski definition) is 4. The summed E-state index contributed by atoms with van der Waals surface area (Å²) in [6.45, 7) is 4.61. The number of hydrogen-bond donors (Lipinski definition) is 2. The fourth-order valence-electron chi connectivity index (χ4n) is 2.09. The van der Waals surface area contributed by atoms with Gasteiger partial charge < -0.3 is 5.73 Å². The van der Waals surface area contributed by atoms with Gasteiger partial charge in [-0.25, -0.2) is 4.98 Å². The summed E-state index contributed by atoms with van der Waals surface area (Å²) in [7, 11) is 0. The second-order valence-corrected chi connectivity index (χ2v) is 5.73. The van der Waals surface area contributed by atoms with E-state index in [-0.39, 0.29) is 5.91 Å². The molecule has 0 bridgehead atoms. The molecule has 1 amide bonds. The molecule has 0 aliphatic heterocycles. The first-order valence-electron chi connectivity index (χ1n) is 6.71. The summed E-state index contributed by atoms with van der Waals surface area (Å²) in [5, 5.41) is 3.54. The van der Waals surface area contributed by atoms with Crippen LogP contribution >= 0.6 is 11.3 Å². The zero-order chi connectivity index (χ0) is 14.5. The summed E-state index contributed by atoms with van der Waals surface area (Å²) in [6, 6.07) is 7.54. The summed E-state index contributed by atoms with van der Waals surface area (Å²) >= 11 is 1.51. The molecule has 0 saturated carbocycles. The van der Waals surface area contributed by atoms with E-state index in [2.05, 4.69) is 17.2 Å². The maximum atomic E-state index is 12.3. The standard InChI is InChI=1S/C15H19N3OS/c1-3-13-10(2)20-15(17-13)18-14(19)12-7-5-4-6-11(12)8-9-16/h4-7H,3,8-9,16H2,1-2H3,(H,17,18,19). The minimum atomic E-state index is -0.120. The van der Waals surface area contributed by atoms with Crippen molar-refractivity contribution in [1.29, 1.82) is 0 Å². The molecule has 0 aliphatic rings. The summed E-state index contributed by atoms with van der Waals surface area (Å²) in [5.41, 5.74) is 8.26. The Bertz CT molecular complexity index is 607. The van der Waals surface area contributed by atoms with Gasteiger partial charge in [0.25, 0.3) is 5.91 Å². The predicted molar refractivity (Wildman–Crippen MR) is 83.4 cm³/mol. The SMILES string of the molecule is CCc1nc(NC(=O)c2ccccc2CCN)sc1C. The summed E-state index contributed by atoms with van der Waals surface area (Å²) < 4.78 is 0. The van der Waals surface area contributed by atoms with Crippen molar-refractivity contribution >= 4 is 22.4 Å². The summed E-state index contributed by atoms with van der Waals surface area (Å²) in [5.74, 6) is -0.120. The maximum Gasteiger partial charge on any atom is 0.257 e. The second kappa shape index (κ2) is 6.63. The van der Waals surface area contributed by atoms with Gasteiger partial charge >= 0.3 is 0 Å². The number of anilines is 1. The normalized spacial score (nSPS) is 10.6. The largest absolute Gasteiger partial charge is 0.330 e. The van der Waals surface area contributed by atoms with E-state index in [0.717, 1.165) is 22.6 Å². The molecule has 20 heavy (non-hydrogen) atoms. The van der Waals surface area contributed by atoms with Gasteiger partial charge in [-0.05, 0) is 37.9 Å². The quantitative estimate of drug-likeness (QED) is 0.889. The molecule has 5 heteroatoms. The van der Waals surface area contributed by atoms with Gasteiger partial charge in [0.2, 0.25) is 0 Å². The number of amides is 1. The molecule has 3 N–H and O–H groups in total. The van der Waals surface area contributed by atoms with Crippen LogP contribution in [0.5, 0.6) is 0 Å². The molecule has 0 fully saturated rings. The Kier molecular flexibility index (Phi) is 4.87. The lowest BCUT2D eigenvalue weighted by Crippen LogP contribution is -2.15. The minimum Gasteiger partial charge on any atom is -0.330 e. The van der Waals surface area contributed by atoms with E-state index in [1.807, 2.05) is 31.2 Å². The Morgan fingerprint density at radius 1 is 1.40 bits per heavy atom. The number of carbonyl (C=O) groups excluding carboxylic acids is 1. The first-order valence-corrected chi connectivity index (χ1v) is 7.53. The Balaban J connectivity index is 2.19. The molecule has 2 aromatic rings. The van der Waals surface area contributed by atoms with E-state index in [4.69, 9.17) is 5.73 Å². The number of rotatable bonds is 5.